The zero-order valence-corrected chi connectivity index (χ0v) is 17.7. The number of piperazine rings is 1. The summed E-state index contributed by atoms with van der Waals surface area (Å²) in [5.41, 5.74) is 4.60. The number of rotatable bonds is 4. The Morgan fingerprint density at radius 3 is 2.64 bits per heavy atom. The SMILES string of the molecule is CC(=O)N1c2ccc(S(=O)(=O)N3CCN(Cc4cscn4)CC3)cc2C[C@@H]1C. The van der Waals surface area contributed by atoms with E-state index in [0.29, 0.717) is 37.5 Å². The third-order valence-electron chi connectivity index (χ3n) is 5.44. The molecular formula is C19H24N4O3S2. The molecule has 1 fully saturated rings. The van der Waals surface area contributed by atoms with Crippen LogP contribution in [0.3, 0.4) is 0 Å². The summed E-state index contributed by atoms with van der Waals surface area (Å²) >= 11 is 1.57. The van der Waals surface area contributed by atoms with Gasteiger partial charge in [0, 0.05) is 56.8 Å². The summed E-state index contributed by atoms with van der Waals surface area (Å²) in [6.45, 7) is 6.61. The molecule has 1 aromatic heterocycles. The molecule has 0 bridgehead atoms. The molecule has 28 heavy (non-hydrogen) atoms. The van der Waals surface area contributed by atoms with Crippen LogP contribution in [0.2, 0.25) is 0 Å². The van der Waals surface area contributed by atoms with E-state index in [9.17, 15) is 13.2 Å². The fourth-order valence-corrected chi connectivity index (χ4v) is 6.09. The first-order chi connectivity index (χ1) is 13.4. The van der Waals surface area contributed by atoms with Crippen LogP contribution in [0, 0.1) is 0 Å². The van der Waals surface area contributed by atoms with E-state index in [-0.39, 0.29) is 11.9 Å². The zero-order chi connectivity index (χ0) is 19.9. The van der Waals surface area contributed by atoms with Crippen molar-refractivity contribution in [2.75, 3.05) is 31.1 Å². The number of hydrogen-bond acceptors (Lipinski definition) is 6. The number of hydrogen-bond donors (Lipinski definition) is 0. The maximum Gasteiger partial charge on any atom is 0.243 e. The van der Waals surface area contributed by atoms with Gasteiger partial charge >= 0.3 is 0 Å². The summed E-state index contributed by atoms with van der Waals surface area (Å²) in [7, 11) is -3.53. The third-order valence-corrected chi connectivity index (χ3v) is 7.97. The van der Waals surface area contributed by atoms with Gasteiger partial charge in [0.05, 0.1) is 16.1 Å². The topological polar surface area (TPSA) is 73.8 Å². The lowest BCUT2D eigenvalue weighted by Crippen LogP contribution is -2.48. The van der Waals surface area contributed by atoms with Crippen LogP contribution >= 0.6 is 11.3 Å². The average molecular weight is 421 g/mol. The molecule has 1 amide bonds. The Balaban J connectivity index is 1.48. The Bertz CT molecular complexity index is 967. The van der Waals surface area contributed by atoms with Crippen LogP contribution in [0.25, 0.3) is 0 Å². The minimum atomic E-state index is -3.53. The van der Waals surface area contributed by atoms with Gasteiger partial charge in [0.2, 0.25) is 15.9 Å². The number of carbonyl (C=O) groups excluding carboxylic acids is 1. The molecular weight excluding hydrogens is 396 g/mol. The van der Waals surface area contributed by atoms with Crippen molar-refractivity contribution < 1.29 is 13.2 Å². The minimum absolute atomic E-state index is 0.0157. The van der Waals surface area contributed by atoms with E-state index in [4.69, 9.17) is 0 Å². The molecule has 2 aliphatic rings. The molecule has 2 aromatic rings. The fraction of sp³-hybridized carbons (Fsp3) is 0.474. The fourth-order valence-electron chi connectivity index (χ4n) is 4.07. The minimum Gasteiger partial charge on any atom is -0.309 e. The van der Waals surface area contributed by atoms with Crippen LogP contribution in [0.1, 0.15) is 25.1 Å². The highest BCUT2D eigenvalue weighted by molar-refractivity contribution is 7.89. The highest BCUT2D eigenvalue weighted by Gasteiger charge is 2.33. The van der Waals surface area contributed by atoms with Gasteiger partial charge in [-0.25, -0.2) is 13.4 Å². The van der Waals surface area contributed by atoms with Gasteiger partial charge in [0.15, 0.2) is 0 Å². The third kappa shape index (κ3) is 3.59. The van der Waals surface area contributed by atoms with Gasteiger partial charge in [-0.05, 0) is 37.1 Å². The first-order valence-electron chi connectivity index (χ1n) is 9.38. The number of aromatic nitrogens is 1. The van der Waals surface area contributed by atoms with Crippen molar-refractivity contribution in [3.63, 3.8) is 0 Å². The maximum absolute atomic E-state index is 13.1. The predicted octanol–water partition coefficient (Wildman–Crippen LogP) is 1.95. The molecule has 1 aromatic carbocycles. The van der Waals surface area contributed by atoms with Crippen LogP contribution in [0.15, 0.2) is 34.0 Å². The molecule has 3 heterocycles. The molecule has 2 aliphatic heterocycles. The quantitative estimate of drug-likeness (QED) is 0.756. The molecule has 4 rings (SSSR count). The Morgan fingerprint density at radius 2 is 2.00 bits per heavy atom. The number of benzene rings is 1. The number of anilines is 1. The van der Waals surface area contributed by atoms with Crippen LogP contribution in [0.4, 0.5) is 5.69 Å². The second kappa shape index (κ2) is 7.55. The van der Waals surface area contributed by atoms with Gasteiger partial charge in [0.25, 0.3) is 0 Å². The average Bonchev–Trinajstić information content (AvgIpc) is 3.27. The van der Waals surface area contributed by atoms with Crippen molar-refractivity contribution in [2.24, 2.45) is 0 Å². The van der Waals surface area contributed by atoms with Crippen molar-refractivity contribution in [1.29, 1.82) is 0 Å². The molecule has 0 unspecified atom stereocenters. The van der Waals surface area contributed by atoms with E-state index in [1.54, 1.807) is 45.7 Å². The number of fused-ring (bicyclic) bond motifs is 1. The molecule has 0 radical (unpaired) electrons. The van der Waals surface area contributed by atoms with E-state index in [1.165, 1.54) is 0 Å². The van der Waals surface area contributed by atoms with Gasteiger partial charge in [-0.3, -0.25) is 9.69 Å². The van der Waals surface area contributed by atoms with Crippen molar-refractivity contribution in [3.8, 4) is 0 Å². The molecule has 9 heteroatoms. The molecule has 7 nitrogen and oxygen atoms in total. The lowest BCUT2D eigenvalue weighted by Gasteiger charge is -2.33. The molecule has 0 saturated carbocycles. The standard InChI is InChI=1S/C19H24N4O3S2/c1-14-9-16-10-18(3-4-19(16)23(14)15(2)24)28(25,26)22-7-5-21(6-8-22)11-17-12-27-13-20-17/h3-4,10,12-14H,5-9,11H2,1-2H3/t14-/m0/s1. The molecule has 1 atom stereocenters. The molecule has 0 N–H and O–H groups in total. The number of carbonyl (C=O) groups is 1. The van der Waals surface area contributed by atoms with Crippen LogP contribution in [-0.2, 0) is 27.8 Å². The Labute approximate surface area is 169 Å². The van der Waals surface area contributed by atoms with E-state index in [1.807, 2.05) is 17.8 Å². The second-order valence-electron chi connectivity index (χ2n) is 7.39. The molecule has 0 aliphatic carbocycles. The first kappa shape index (κ1) is 19.5. The highest BCUT2D eigenvalue weighted by Crippen LogP contribution is 2.34. The lowest BCUT2D eigenvalue weighted by atomic mass is 10.1. The largest absolute Gasteiger partial charge is 0.309 e. The number of thiazole rings is 1. The summed E-state index contributed by atoms with van der Waals surface area (Å²) in [4.78, 5) is 20.5. The van der Waals surface area contributed by atoms with Gasteiger partial charge in [-0.15, -0.1) is 11.3 Å². The number of sulfonamides is 1. The predicted molar refractivity (Wildman–Crippen MR) is 109 cm³/mol. The monoisotopic (exact) mass is 420 g/mol. The maximum atomic E-state index is 13.1. The summed E-state index contributed by atoms with van der Waals surface area (Å²) in [6, 6.07) is 5.20. The number of amides is 1. The van der Waals surface area contributed by atoms with Gasteiger partial charge < -0.3 is 4.90 Å². The molecule has 0 spiro atoms. The normalized spacial score (nSPS) is 21.1. The number of nitrogens with zero attached hydrogens (tertiary/aromatic N) is 4. The smallest absolute Gasteiger partial charge is 0.243 e. The Morgan fingerprint density at radius 1 is 1.25 bits per heavy atom. The van der Waals surface area contributed by atoms with Gasteiger partial charge in [-0.1, -0.05) is 0 Å². The van der Waals surface area contributed by atoms with E-state index in [2.05, 4.69) is 9.88 Å². The summed E-state index contributed by atoms with van der Waals surface area (Å²) in [6.07, 6.45) is 0.680. The van der Waals surface area contributed by atoms with E-state index < -0.39 is 10.0 Å². The van der Waals surface area contributed by atoms with E-state index >= 15 is 0 Å². The highest BCUT2D eigenvalue weighted by atomic mass is 32.2. The van der Waals surface area contributed by atoms with E-state index in [0.717, 1.165) is 23.5 Å². The summed E-state index contributed by atoms with van der Waals surface area (Å²) < 4.78 is 27.8. The van der Waals surface area contributed by atoms with Crippen molar-refractivity contribution >= 4 is 33.0 Å². The van der Waals surface area contributed by atoms with Gasteiger partial charge in [0.1, 0.15) is 0 Å². The van der Waals surface area contributed by atoms with Crippen molar-refractivity contribution in [3.05, 3.63) is 40.3 Å². The Hall–Kier alpha value is -1.81. The van der Waals surface area contributed by atoms with Crippen molar-refractivity contribution in [1.82, 2.24) is 14.2 Å². The molecule has 150 valence electrons. The van der Waals surface area contributed by atoms with Crippen LogP contribution < -0.4 is 4.90 Å². The Kier molecular flexibility index (Phi) is 5.26. The van der Waals surface area contributed by atoms with Crippen LogP contribution in [-0.4, -0.2) is 60.7 Å². The molecule has 1 saturated heterocycles. The first-order valence-corrected chi connectivity index (χ1v) is 11.8. The second-order valence-corrected chi connectivity index (χ2v) is 10.0. The zero-order valence-electron chi connectivity index (χ0n) is 16.0. The lowest BCUT2D eigenvalue weighted by molar-refractivity contribution is -0.116. The van der Waals surface area contributed by atoms with Crippen molar-refractivity contribution in [2.45, 2.75) is 37.8 Å². The summed E-state index contributed by atoms with van der Waals surface area (Å²) in [5, 5.41) is 2.03. The van der Waals surface area contributed by atoms with Crippen LogP contribution in [0.5, 0.6) is 0 Å². The van der Waals surface area contributed by atoms with Gasteiger partial charge in [-0.2, -0.15) is 4.31 Å². The summed E-state index contributed by atoms with van der Waals surface area (Å²) in [5.74, 6) is -0.0157.